The highest BCUT2D eigenvalue weighted by molar-refractivity contribution is 7.99. The summed E-state index contributed by atoms with van der Waals surface area (Å²) in [6.45, 7) is 6.23. The summed E-state index contributed by atoms with van der Waals surface area (Å²) < 4.78 is 1.94. The quantitative estimate of drug-likeness (QED) is 0.827. The fourth-order valence-corrected chi connectivity index (χ4v) is 3.44. The molecule has 1 amide bonds. The van der Waals surface area contributed by atoms with Crippen LogP contribution in [-0.2, 0) is 4.79 Å². The second-order valence-corrected chi connectivity index (χ2v) is 7.20. The van der Waals surface area contributed by atoms with Gasteiger partial charge in [0.2, 0.25) is 5.91 Å². The van der Waals surface area contributed by atoms with Gasteiger partial charge in [0.15, 0.2) is 5.16 Å². The monoisotopic (exact) mass is 330 g/mol. The number of carbonyl (C=O) groups excluding carboxylic acids is 1. The minimum atomic E-state index is 0.0598. The third-order valence-electron chi connectivity index (χ3n) is 4.18. The third-order valence-corrected chi connectivity index (χ3v) is 5.12. The Labute approximate surface area is 140 Å². The summed E-state index contributed by atoms with van der Waals surface area (Å²) in [7, 11) is 0. The minimum absolute atomic E-state index is 0.0598. The second kappa shape index (κ2) is 6.74. The number of aryl methyl sites for hydroxylation is 2. The summed E-state index contributed by atoms with van der Waals surface area (Å²) >= 11 is 1.42. The van der Waals surface area contributed by atoms with Gasteiger partial charge in [-0.1, -0.05) is 29.5 Å². The molecule has 122 valence electrons. The van der Waals surface area contributed by atoms with E-state index in [1.165, 1.54) is 35.7 Å². The Hall–Kier alpha value is -1.82. The molecule has 1 aliphatic carbocycles. The number of hydrogen-bond acceptors (Lipinski definition) is 4. The van der Waals surface area contributed by atoms with Crippen molar-refractivity contribution in [2.75, 3.05) is 5.75 Å². The van der Waals surface area contributed by atoms with Crippen LogP contribution in [0, 0.1) is 19.8 Å². The maximum absolute atomic E-state index is 12.1. The average Bonchev–Trinajstić information content (AvgIpc) is 3.25. The van der Waals surface area contributed by atoms with Gasteiger partial charge in [0.1, 0.15) is 6.33 Å². The van der Waals surface area contributed by atoms with E-state index in [1.54, 1.807) is 6.33 Å². The molecule has 0 bridgehead atoms. The maximum atomic E-state index is 12.1. The predicted molar refractivity (Wildman–Crippen MR) is 91.9 cm³/mol. The number of nitrogens with one attached hydrogen (secondary N) is 1. The molecule has 1 N–H and O–H groups in total. The Morgan fingerprint density at radius 3 is 2.91 bits per heavy atom. The van der Waals surface area contributed by atoms with E-state index in [4.69, 9.17) is 0 Å². The number of carbonyl (C=O) groups is 1. The average molecular weight is 330 g/mol. The van der Waals surface area contributed by atoms with Crippen molar-refractivity contribution >= 4 is 17.7 Å². The Balaban J connectivity index is 1.65. The third kappa shape index (κ3) is 3.93. The highest BCUT2D eigenvalue weighted by atomic mass is 32.2. The summed E-state index contributed by atoms with van der Waals surface area (Å²) in [4.78, 5) is 12.1. The van der Waals surface area contributed by atoms with Crippen LogP contribution in [-0.4, -0.2) is 32.5 Å². The molecule has 1 aliphatic rings. The maximum Gasteiger partial charge on any atom is 0.230 e. The molecule has 3 rings (SSSR count). The summed E-state index contributed by atoms with van der Waals surface area (Å²) in [5, 5.41) is 12.0. The lowest BCUT2D eigenvalue weighted by atomic mass is 10.1. The molecule has 0 aliphatic heterocycles. The summed E-state index contributed by atoms with van der Waals surface area (Å²) in [5.41, 5.74) is 3.44. The second-order valence-electron chi connectivity index (χ2n) is 6.26. The van der Waals surface area contributed by atoms with E-state index in [2.05, 4.69) is 54.5 Å². The van der Waals surface area contributed by atoms with E-state index in [9.17, 15) is 4.79 Å². The molecule has 5 nitrogen and oxygen atoms in total. The number of thioether (sulfide) groups is 1. The number of hydrogen-bond donors (Lipinski definition) is 1. The van der Waals surface area contributed by atoms with Gasteiger partial charge in [-0.2, -0.15) is 0 Å². The fraction of sp³-hybridized carbons (Fsp3) is 0.471. The normalized spacial score (nSPS) is 15.4. The number of benzene rings is 1. The molecule has 1 unspecified atom stereocenters. The number of amides is 1. The first-order chi connectivity index (χ1) is 11.0. The molecule has 1 heterocycles. The summed E-state index contributed by atoms with van der Waals surface area (Å²) in [5.74, 6) is 1.09. The van der Waals surface area contributed by atoms with Crippen LogP contribution in [0.3, 0.4) is 0 Å². The van der Waals surface area contributed by atoms with Gasteiger partial charge >= 0.3 is 0 Å². The van der Waals surface area contributed by atoms with E-state index in [0.29, 0.717) is 11.7 Å². The van der Waals surface area contributed by atoms with Gasteiger partial charge in [0.05, 0.1) is 11.4 Å². The Morgan fingerprint density at radius 2 is 2.22 bits per heavy atom. The molecule has 1 fully saturated rings. The lowest BCUT2D eigenvalue weighted by Gasteiger charge is -2.13. The van der Waals surface area contributed by atoms with E-state index >= 15 is 0 Å². The SMILES string of the molecule is Cc1ccc(-n2cnnc2SCC(=O)NC(C)C2CC2)c(C)c1. The van der Waals surface area contributed by atoms with E-state index in [1.807, 2.05) is 4.57 Å². The van der Waals surface area contributed by atoms with Crippen LogP contribution in [0.25, 0.3) is 5.69 Å². The van der Waals surface area contributed by atoms with Crippen molar-refractivity contribution in [1.82, 2.24) is 20.1 Å². The topological polar surface area (TPSA) is 59.8 Å². The molecule has 2 aromatic rings. The van der Waals surface area contributed by atoms with Crippen LogP contribution in [0.4, 0.5) is 0 Å². The molecule has 6 heteroatoms. The highest BCUT2D eigenvalue weighted by Crippen LogP contribution is 2.32. The van der Waals surface area contributed by atoms with Gasteiger partial charge in [-0.05, 0) is 51.2 Å². The number of nitrogens with zero attached hydrogens (tertiary/aromatic N) is 3. The molecular formula is C17H22N4OS. The van der Waals surface area contributed by atoms with Crippen molar-refractivity contribution in [3.05, 3.63) is 35.7 Å². The zero-order valence-electron chi connectivity index (χ0n) is 13.7. The van der Waals surface area contributed by atoms with Crippen molar-refractivity contribution < 1.29 is 4.79 Å². The van der Waals surface area contributed by atoms with Crippen LogP contribution < -0.4 is 5.32 Å². The molecular weight excluding hydrogens is 308 g/mol. The fourth-order valence-electron chi connectivity index (χ4n) is 2.70. The van der Waals surface area contributed by atoms with Crippen LogP contribution in [0.1, 0.15) is 30.9 Å². The van der Waals surface area contributed by atoms with Crippen molar-refractivity contribution in [3.63, 3.8) is 0 Å². The van der Waals surface area contributed by atoms with Gasteiger partial charge in [-0.25, -0.2) is 0 Å². The number of rotatable bonds is 6. The first kappa shape index (κ1) is 16.1. The van der Waals surface area contributed by atoms with Gasteiger partial charge < -0.3 is 5.32 Å². The zero-order valence-corrected chi connectivity index (χ0v) is 14.6. The van der Waals surface area contributed by atoms with Crippen LogP contribution in [0.5, 0.6) is 0 Å². The highest BCUT2D eigenvalue weighted by Gasteiger charge is 2.28. The zero-order chi connectivity index (χ0) is 16.4. The van der Waals surface area contributed by atoms with Gasteiger partial charge in [0, 0.05) is 6.04 Å². The van der Waals surface area contributed by atoms with Crippen LogP contribution >= 0.6 is 11.8 Å². The summed E-state index contributed by atoms with van der Waals surface area (Å²) in [6, 6.07) is 6.54. The van der Waals surface area contributed by atoms with Crippen molar-refractivity contribution in [2.24, 2.45) is 5.92 Å². The van der Waals surface area contributed by atoms with Gasteiger partial charge in [0.25, 0.3) is 0 Å². The van der Waals surface area contributed by atoms with Gasteiger partial charge in [-0.3, -0.25) is 9.36 Å². The Kier molecular flexibility index (Phi) is 4.71. The van der Waals surface area contributed by atoms with Crippen molar-refractivity contribution in [1.29, 1.82) is 0 Å². The van der Waals surface area contributed by atoms with Crippen LogP contribution in [0.2, 0.25) is 0 Å². The molecule has 23 heavy (non-hydrogen) atoms. The first-order valence-electron chi connectivity index (χ1n) is 7.94. The molecule has 0 saturated heterocycles. The predicted octanol–water partition coefficient (Wildman–Crippen LogP) is 2.89. The van der Waals surface area contributed by atoms with E-state index in [-0.39, 0.29) is 11.9 Å². The molecule has 1 aromatic carbocycles. The molecule has 0 radical (unpaired) electrons. The lowest BCUT2D eigenvalue weighted by Crippen LogP contribution is -2.35. The minimum Gasteiger partial charge on any atom is -0.353 e. The lowest BCUT2D eigenvalue weighted by molar-refractivity contribution is -0.119. The Morgan fingerprint density at radius 1 is 1.43 bits per heavy atom. The van der Waals surface area contributed by atoms with Crippen molar-refractivity contribution in [2.45, 2.75) is 44.8 Å². The molecule has 1 aromatic heterocycles. The van der Waals surface area contributed by atoms with Crippen molar-refractivity contribution in [3.8, 4) is 5.69 Å². The standard InChI is InChI=1S/C17H22N4OS/c1-11-4-7-15(12(2)8-11)21-10-18-20-17(21)23-9-16(22)19-13(3)14-5-6-14/h4,7-8,10,13-14H,5-6,9H2,1-3H3,(H,19,22). The van der Waals surface area contributed by atoms with Gasteiger partial charge in [-0.15, -0.1) is 10.2 Å². The molecule has 0 spiro atoms. The Bertz CT molecular complexity index is 708. The first-order valence-corrected chi connectivity index (χ1v) is 8.93. The number of aromatic nitrogens is 3. The van der Waals surface area contributed by atoms with Crippen LogP contribution in [0.15, 0.2) is 29.7 Å². The molecule has 1 atom stereocenters. The largest absolute Gasteiger partial charge is 0.353 e. The van der Waals surface area contributed by atoms with E-state index in [0.717, 1.165) is 10.8 Å². The van der Waals surface area contributed by atoms with E-state index < -0.39 is 0 Å². The summed E-state index contributed by atoms with van der Waals surface area (Å²) in [6.07, 6.45) is 4.16. The smallest absolute Gasteiger partial charge is 0.230 e. The molecule has 1 saturated carbocycles.